The zero-order valence-electron chi connectivity index (χ0n) is 14.7. The highest BCUT2D eigenvalue weighted by Crippen LogP contribution is 2.13. The van der Waals surface area contributed by atoms with Crippen LogP contribution in [0.25, 0.3) is 0 Å². The first-order valence-corrected chi connectivity index (χ1v) is 7.58. The van der Waals surface area contributed by atoms with Gasteiger partial charge in [0.05, 0.1) is 0 Å². The molecule has 0 saturated carbocycles. The van der Waals surface area contributed by atoms with Gasteiger partial charge in [0.1, 0.15) is 23.0 Å². The van der Waals surface area contributed by atoms with Crippen LogP contribution in [0.5, 0.6) is 0 Å². The molecule has 128 valence electrons. The van der Waals surface area contributed by atoms with Gasteiger partial charge in [-0.2, -0.15) is 0 Å². The Morgan fingerprint density at radius 3 is 1.86 bits per heavy atom. The first kappa shape index (κ1) is 20.4. The van der Waals surface area contributed by atoms with Gasteiger partial charge in [0.15, 0.2) is 0 Å². The molecule has 0 aliphatic heterocycles. The summed E-state index contributed by atoms with van der Waals surface area (Å²) in [4.78, 5) is 35.4. The van der Waals surface area contributed by atoms with Gasteiger partial charge in [-0.15, -0.1) is 0 Å². The zero-order valence-corrected chi connectivity index (χ0v) is 14.7. The van der Waals surface area contributed by atoms with Gasteiger partial charge in [-0.1, -0.05) is 6.92 Å². The number of nitrogens with one attached hydrogen (secondary N) is 1. The van der Waals surface area contributed by atoms with E-state index < -0.39 is 29.3 Å². The van der Waals surface area contributed by atoms with Crippen molar-refractivity contribution in [2.75, 3.05) is 0 Å². The van der Waals surface area contributed by atoms with Crippen LogP contribution in [0.3, 0.4) is 0 Å². The Hall–Kier alpha value is -1.59. The van der Waals surface area contributed by atoms with E-state index in [1.54, 1.807) is 48.5 Å². The monoisotopic (exact) mass is 315 g/mol. The SMILES string of the molecule is CCC(=O)CCC(NC(=O)OC(C)(C)C)C(=O)OC(C)(C)C. The molecule has 0 aromatic carbocycles. The molecule has 0 aromatic rings. The van der Waals surface area contributed by atoms with Gasteiger partial charge < -0.3 is 14.8 Å². The molecule has 0 aromatic heterocycles. The second kappa shape index (κ2) is 8.15. The fourth-order valence-corrected chi connectivity index (χ4v) is 1.55. The number of rotatable bonds is 6. The van der Waals surface area contributed by atoms with Crippen molar-refractivity contribution >= 4 is 17.8 Å². The van der Waals surface area contributed by atoms with Crippen molar-refractivity contribution in [1.82, 2.24) is 5.32 Å². The molecule has 0 saturated heterocycles. The van der Waals surface area contributed by atoms with E-state index in [4.69, 9.17) is 9.47 Å². The molecular formula is C16H29NO5. The molecule has 0 rings (SSSR count). The second-order valence-electron chi connectivity index (χ2n) is 7.16. The summed E-state index contributed by atoms with van der Waals surface area (Å²) in [6.45, 7) is 12.2. The number of esters is 1. The van der Waals surface area contributed by atoms with E-state index in [-0.39, 0.29) is 18.6 Å². The van der Waals surface area contributed by atoms with E-state index in [0.29, 0.717) is 6.42 Å². The summed E-state index contributed by atoms with van der Waals surface area (Å²) in [5, 5.41) is 2.49. The summed E-state index contributed by atoms with van der Waals surface area (Å²) in [6, 6.07) is -0.899. The average Bonchev–Trinajstić information content (AvgIpc) is 2.29. The fraction of sp³-hybridized carbons (Fsp3) is 0.812. The lowest BCUT2D eigenvalue weighted by atomic mass is 10.1. The number of hydrogen-bond donors (Lipinski definition) is 1. The topological polar surface area (TPSA) is 81.7 Å². The van der Waals surface area contributed by atoms with Gasteiger partial charge >= 0.3 is 12.1 Å². The lowest BCUT2D eigenvalue weighted by Crippen LogP contribution is -2.46. The van der Waals surface area contributed by atoms with Gasteiger partial charge in [0.2, 0.25) is 0 Å². The summed E-state index contributed by atoms with van der Waals surface area (Å²) in [6.07, 6.45) is 0.0946. The first-order chi connectivity index (χ1) is 9.84. The van der Waals surface area contributed by atoms with Gasteiger partial charge in [-0.3, -0.25) is 4.79 Å². The smallest absolute Gasteiger partial charge is 0.408 e. The van der Waals surface area contributed by atoms with Crippen LogP contribution in [0.15, 0.2) is 0 Å². The van der Waals surface area contributed by atoms with Gasteiger partial charge in [0, 0.05) is 12.8 Å². The third kappa shape index (κ3) is 10.2. The highest BCUT2D eigenvalue weighted by molar-refractivity contribution is 5.83. The predicted molar refractivity (Wildman–Crippen MR) is 83.5 cm³/mol. The quantitative estimate of drug-likeness (QED) is 0.762. The molecule has 0 radical (unpaired) electrons. The molecule has 0 aliphatic rings. The van der Waals surface area contributed by atoms with Crippen molar-refractivity contribution in [3.05, 3.63) is 0 Å². The Morgan fingerprint density at radius 2 is 1.45 bits per heavy atom. The minimum absolute atomic E-state index is 0.0274. The minimum Gasteiger partial charge on any atom is -0.458 e. The molecule has 6 nitrogen and oxygen atoms in total. The molecule has 1 atom stereocenters. The van der Waals surface area contributed by atoms with E-state index in [9.17, 15) is 14.4 Å². The van der Waals surface area contributed by atoms with Crippen molar-refractivity contribution in [2.45, 2.75) is 85.0 Å². The lowest BCUT2D eigenvalue weighted by molar-refractivity contribution is -0.157. The van der Waals surface area contributed by atoms with Gasteiger partial charge in [-0.05, 0) is 48.0 Å². The van der Waals surface area contributed by atoms with Crippen LogP contribution in [0, 0.1) is 0 Å². The number of carbonyl (C=O) groups is 3. The number of ketones is 1. The molecule has 6 heteroatoms. The van der Waals surface area contributed by atoms with Crippen LogP contribution in [-0.2, 0) is 19.1 Å². The highest BCUT2D eigenvalue weighted by atomic mass is 16.6. The zero-order chi connectivity index (χ0) is 17.6. The Balaban J connectivity index is 4.81. The molecule has 1 unspecified atom stereocenters. The maximum atomic E-state index is 12.2. The average molecular weight is 315 g/mol. The largest absolute Gasteiger partial charge is 0.458 e. The third-order valence-corrected chi connectivity index (χ3v) is 2.49. The Bertz CT molecular complexity index is 404. The number of hydrogen-bond acceptors (Lipinski definition) is 5. The molecule has 0 bridgehead atoms. The Kier molecular flexibility index (Phi) is 7.56. The highest BCUT2D eigenvalue weighted by Gasteiger charge is 2.28. The van der Waals surface area contributed by atoms with E-state index in [2.05, 4.69) is 5.32 Å². The van der Waals surface area contributed by atoms with Crippen molar-refractivity contribution in [3.8, 4) is 0 Å². The predicted octanol–water partition coefficient (Wildman–Crippen LogP) is 2.98. The normalized spacial score (nSPS) is 13.2. The van der Waals surface area contributed by atoms with Crippen LogP contribution in [0.2, 0.25) is 0 Å². The van der Waals surface area contributed by atoms with Crippen molar-refractivity contribution in [3.63, 3.8) is 0 Å². The summed E-state index contributed by atoms with van der Waals surface area (Å²) >= 11 is 0. The number of amides is 1. The van der Waals surface area contributed by atoms with Crippen LogP contribution in [0.1, 0.15) is 67.7 Å². The number of Topliss-reactive ketones (excluding diaryl/α,β-unsaturated/α-hetero) is 1. The number of carbonyl (C=O) groups excluding carboxylic acids is 3. The van der Waals surface area contributed by atoms with Crippen LogP contribution in [-0.4, -0.2) is 35.1 Å². The van der Waals surface area contributed by atoms with Crippen molar-refractivity contribution in [2.24, 2.45) is 0 Å². The van der Waals surface area contributed by atoms with E-state index in [1.165, 1.54) is 0 Å². The Labute approximate surface area is 132 Å². The maximum Gasteiger partial charge on any atom is 0.408 e. The van der Waals surface area contributed by atoms with Crippen LogP contribution < -0.4 is 5.32 Å². The van der Waals surface area contributed by atoms with Gasteiger partial charge in [0.25, 0.3) is 0 Å². The fourth-order valence-electron chi connectivity index (χ4n) is 1.55. The van der Waals surface area contributed by atoms with Crippen LogP contribution >= 0.6 is 0 Å². The molecule has 0 aliphatic carbocycles. The molecule has 0 spiro atoms. The molecule has 0 fully saturated rings. The Morgan fingerprint density at radius 1 is 0.955 bits per heavy atom. The van der Waals surface area contributed by atoms with E-state index >= 15 is 0 Å². The molecule has 1 amide bonds. The first-order valence-electron chi connectivity index (χ1n) is 7.58. The van der Waals surface area contributed by atoms with Crippen molar-refractivity contribution < 1.29 is 23.9 Å². The second-order valence-corrected chi connectivity index (χ2v) is 7.16. The molecule has 0 heterocycles. The minimum atomic E-state index is -0.899. The maximum absolute atomic E-state index is 12.2. The van der Waals surface area contributed by atoms with E-state index in [1.807, 2.05) is 0 Å². The third-order valence-electron chi connectivity index (χ3n) is 2.49. The van der Waals surface area contributed by atoms with E-state index in [0.717, 1.165) is 0 Å². The summed E-state index contributed by atoms with van der Waals surface area (Å²) < 4.78 is 10.4. The number of ether oxygens (including phenoxy) is 2. The van der Waals surface area contributed by atoms with Crippen LogP contribution in [0.4, 0.5) is 4.79 Å². The molecule has 1 N–H and O–H groups in total. The number of alkyl carbamates (subject to hydrolysis) is 1. The summed E-state index contributed by atoms with van der Waals surface area (Å²) in [5.41, 5.74) is -1.33. The lowest BCUT2D eigenvalue weighted by Gasteiger charge is -2.26. The van der Waals surface area contributed by atoms with Crippen molar-refractivity contribution in [1.29, 1.82) is 0 Å². The molecular weight excluding hydrogens is 286 g/mol. The summed E-state index contributed by atoms with van der Waals surface area (Å²) in [5.74, 6) is -0.540. The summed E-state index contributed by atoms with van der Waals surface area (Å²) in [7, 11) is 0. The molecule has 22 heavy (non-hydrogen) atoms. The van der Waals surface area contributed by atoms with Gasteiger partial charge in [-0.25, -0.2) is 9.59 Å². The standard InChI is InChI=1S/C16H29NO5/c1-8-11(18)9-10-12(13(19)21-15(2,3)4)17-14(20)22-16(5,6)7/h12H,8-10H2,1-7H3,(H,17,20).